The number of fused-ring (bicyclic) bond motifs is 1. The van der Waals surface area contributed by atoms with Crippen LogP contribution in [0.3, 0.4) is 0 Å². The second-order valence-corrected chi connectivity index (χ2v) is 10.0. The first-order chi connectivity index (χ1) is 15.8. The highest BCUT2D eigenvalue weighted by Gasteiger charge is 2.46. The number of halogens is 4. The number of aliphatic hydroxyl groups excluding tert-OH is 2. The normalized spacial score (nSPS) is 27.0. The fourth-order valence-corrected chi connectivity index (χ4v) is 4.66. The molecule has 0 unspecified atom stereocenters. The van der Waals surface area contributed by atoms with Crippen LogP contribution < -0.4 is 4.90 Å². The van der Waals surface area contributed by atoms with E-state index in [1.807, 2.05) is 0 Å². The third-order valence-electron chi connectivity index (χ3n) is 5.59. The molecule has 2 aliphatic rings. The molecule has 2 aromatic heterocycles. The maximum Gasteiger partial charge on any atom is 0.350 e. The molecular weight excluding hydrogens is 508 g/mol. The Morgan fingerprint density at radius 2 is 2.09 bits per heavy atom. The highest BCUT2D eigenvalue weighted by molar-refractivity contribution is 7.51. The average Bonchev–Trinajstić information content (AvgIpc) is 3.35. The van der Waals surface area contributed by atoms with Gasteiger partial charge in [0.05, 0.1) is 24.2 Å². The molecule has 0 saturated carbocycles. The zero-order valence-electron chi connectivity index (χ0n) is 17.2. The Labute approximate surface area is 195 Å². The van der Waals surface area contributed by atoms with Crippen LogP contribution >= 0.6 is 19.2 Å². The van der Waals surface area contributed by atoms with Crippen LogP contribution in [0.2, 0.25) is 5.15 Å². The van der Waals surface area contributed by atoms with Gasteiger partial charge in [-0.15, -0.1) is 0 Å². The number of alkyl halides is 2. The number of hydrogen-bond acceptors (Lipinski definition) is 8. The molecule has 4 N–H and O–H groups in total. The van der Waals surface area contributed by atoms with E-state index in [0.29, 0.717) is 0 Å². The van der Waals surface area contributed by atoms with Crippen molar-refractivity contribution in [3.8, 4) is 6.07 Å². The Hall–Kier alpha value is -1.95. The van der Waals surface area contributed by atoms with Gasteiger partial charge in [0.2, 0.25) is 0 Å². The molecule has 4 rings (SSSR count). The van der Waals surface area contributed by atoms with E-state index >= 15 is 4.39 Å². The van der Waals surface area contributed by atoms with Crippen molar-refractivity contribution in [2.45, 2.75) is 36.9 Å². The minimum absolute atomic E-state index is 0.165. The zero-order chi connectivity index (χ0) is 25.0. The number of pyridine rings is 1. The van der Waals surface area contributed by atoms with E-state index in [1.165, 1.54) is 0 Å². The molecule has 0 spiro atoms. The first kappa shape index (κ1) is 25.2. The van der Waals surface area contributed by atoms with Crippen molar-refractivity contribution in [3.63, 3.8) is 0 Å². The Kier molecular flexibility index (Phi) is 6.60. The minimum Gasteiger partial charge on any atom is -0.387 e. The van der Waals surface area contributed by atoms with Crippen LogP contribution in [0.15, 0.2) is 6.20 Å². The van der Waals surface area contributed by atoms with Gasteiger partial charge in [-0.25, -0.2) is 18.2 Å². The predicted octanol–water partition coefficient (Wildman–Crippen LogP) is 1.32. The van der Waals surface area contributed by atoms with Crippen molar-refractivity contribution in [2.24, 2.45) is 0 Å². The Morgan fingerprint density at radius 1 is 1.38 bits per heavy atom. The average molecular weight is 527 g/mol. The molecule has 0 aromatic carbocycles. The van der Waals surface area contributed by atoms with E-state index in [1.54, 1.807) is 6.07 Å². The predicted molar refractivity (Wildman–Crippen MR) is 110 cm³/mol. The van der Waals surface area contributed by atoms with Crippen molar-refractivity contribution in [1.82, 2.24) is 9.55 Å². The van der Waals surface area contributed by atoms with Crippen LogP contribution in [0.1, 0.15) is 18.2 Å². The molecule has 4 heterocycles. The number of ether oxygens (including phenoxy) is 2. The Bertz CT molecular complexity index is 1200. The molecule has 0 amide bonds. The lowest BCUT2D eigenvalue weighted by Crippen LogP contribution is -2.34. The summed E-state index contributed by atoms with van der Waals surface area (Å²) in [4.78, 5) is 22.9. The Morgan fingerprint density at radius 3 is 2.68 bits per heavy atom. The summed E-state index contributed by atoms with van der Waals surface area (Å²) in [5.41, 5.74) is -0.680. The van der Waals surface area contributed by atoms with Crippen LogP contribution in [0.5, 0.6) is 0 Å². The number of aromatic nitrogens is 2. The van der Waals surface area contributed by atoms with Gasteiger partial charge in [0.15, 0.2) is 17.2 Å². The SMILES string of the molecule is N#Cc1c(Cl)nc2c(c(F)cn2[C@@H]2O[C@H](COCP(=O)(O)O)[C@@H](O)[C@H]2O)c1N1CCC(F)(F)C1. The molecule has 4 atom stereocenters. The number of nitriles is 1. The number of nitrogens with zero attached hydrogens (tertiary/aromatic N) is 4. The molecule has 0 aliphatic carbocycles. The second-order valence-electron chi connectivity index (χ2n) is 8.06. The quantitative estimate of drug-likeness (QED) is 0.319. The molecule has 2 aromatic rings. The summed E-state index contributed by atoms with van der Waals surface area (Å²) in [5, 5.41) is 29.6. The zero-order valence-corrected chi connectivity index (χ0v) is 18.8. The highest BCUT2D eigenvalue weighted by Crippen LogP contribution is 2.42. The monoisotopic (exact) mass is 526 g/mol. The van der Waals surface area contributed by atoms with Crippen LogP contribution in [-0.4, -0.2) is 79.8 Å². The van der Waals surface area contributed by atoms with Gasteiger partial charge in [0.25, 0.3) is 5.92 Å². The Balaban J connectivity index is 1.72. The molecule has 2 aliphatic heterocycles. The van der Waals surface area contributed by atoms with Crippen LogP contribution in [-0.2, 0) is 14.0 Å². The van der Waals surface area contributed by atoms with Gasteiger partial charge in [-0.2, -0.15) is 5.26 Å². The van der Waals surface area contributed by atoms with E-state index < -0.39 is 69.8 Å². The summed E-state index contributed by atoms with van der Waals surface area (Å²) in [6, 6.07) is 1.77. The molecular formula is C18H19ClF3N4O7P. The van der Waals surface area contributed by atoms with Crippen molar-refractivity contribution >= 4 is 35.9 Å². The summed E-state index contributed by atoms with van der Waals surface area (Å²) >= 11 is 6.12. The third-order valence-corrected chi connectivity index (χ3v) is 6.39. The maximum absolute atomic E-state index is 15.1. The summed E-state index contributed by atoms with van der Waals surface area (Å²) in [7, 11) is -4.48. The van der Waals surface area contributed by atoms with E-state index in [2.05, 4.69) is 4.98 Å². The molecule has 2 fully saturated rings. The van der Waals surface area contributed by atoms with Gasteiger partial charge in [-0.05, 0) is 0 Å². The van der Waals surface area contributed by atoms with Crippen LogP contribution in [0, 0.1) is 17.1 Å². The summed E-state index contributed by atoms with van der Waals surface area (Å²) < 4.78 is 65.2. The van der Waals surface area contributed by atoms with Gasteiger partial charge in [0, 0.05) is 19.2 Å². The standard InChI is InChI=1S/C18H19ClF3N4O7P/c19-15-8(3-23)12(25-2-1-18(21,22)6-25)11-9(20)4-26(16(11)24-15)17-14(28)13(27)10(33-17)5-32-7-34(29,30)31/h4,10,13-14,17,27-28H,1-2,5-7H2,(H2,29,30,31)/t10-,13-,14-,17-/m1/s1. The molecule has 0 bridgehead atoms. The third kappa shape index (κ3) is 4.62. The second kappa shape index (κ2) is 8.92. The van der Waals surface area contributed by atoms with Gasteiger partial charge >= 0.3 is 7.60 Å². The molecule has 34 heavy (non-hydrogen) atoms. The van der Waals surface area contributed by atoms with E-state index in [0.717, 1.165) is 15.7 Å². The molecule has 16 heteroatoms. The van der Waals surface area contributed by atoms with Crippen LogP contribution in [0.25, 0.3) is 11.0 Å². The first-order valence-electron chi connectivity index (χ1n) is 9.89. The number of anilines is 1. The lowest BCUT2D eigenvalue weighted by Gasteiger charge is -2.22. The number of rotatable bonds is 6. The van der Waals surface area contributed by atoms with Gasteiger partial charge in [-0.1, -0.05) is 11.6 Å². The van der Waals surface area contributed by atoms with Gasteiger partial charge < -0.3 is 38.9 Å². The fourth-order valence-electron chi connectivity index (χ4n) is 4.11. The van der Waals surface area contributed by atoms with Crippen molar-refractivity contribution in [2.75, 3.05) is 30.9 Å². The van der Waals surface area contributed by atoms with E-state index in [-0.39, 0.29) is 34.0 Å². The van der Waals surface area contributed by atoms with Gasteiger partial charge in [-0.3, -0.25) is 4.57 Å². The van der Waals surface area contributed by atoms with E-state index in [9.17, 15) is 28.8 Å². The highest BCUT2D eigenvalue weighted by atomic mass is 35.5. The van der Waals surface area contributed by atoms with Crippen molar-refractivity contribution in [1.29, 1.82) is 5.26 Å². The topological polar surface area (TPSA) is 161 Å². The van der Waals surface area contributed by atoms with E-state index in [4.69, 9.17) is 30.9 Å². The first-order valence-corrected chi connectivity index (χ1v) is 12.1. The summed E-state index contributed by atoms with van der Waals surface area (Å²) in [5.74, 6) is -4.00. The van der Waals surface area contributed by atoms with Crippen molar-refractivity contribution in [3.05, 3.63) is 22.7 Å². The molecule has 186 valence electrons. The summed E-state index contributed by atoms with van der Waals surface area (Å²) in [6.07, 6.45) is -6.48. The fraction of sp³-hybridized carbons (Fsp3) is 0.556. The summed E-state index contributed by atoms with van der Waals surface area (Å²) in [6.45, 7) is -1.42. The van der Waals surface area contributed by atoms with Gasteiger partial charge in [0.1, 0.15) is 41.9 Å². The molecule has 0 radical (unpaired) electrons. The number of hydrogen-bond donors (Lipinski definition) is 4. The lowest BCUT2D eigenvalue weighted by atomic mass is 10.1. The van der Waals surface area contributed by atoms with Crippen LogP contribution in [0.4, 0.5) is 18.9 Å². The molecule has 2 saturated heterocycles. The number of aliphatic hydroxyl groups is 2. The van der Waals surface area contributed by atoms with Crippen molar-refractivity contribution < 1.29 is 47.2 Å². The minimum atomic E-state index is -4.48. The largest absolute Gasteiger partial charge is 0.387 e. The maximum atomic E-state index is 15.1. The lowest BCUT2D eigenvalue weighted by molar-refractivity contribution is -0.0612. The smallest absolute Gasteiger partial charge is 0.350 e. The molecule has 11 nitrogen and oxygen atoms in total.